The molecule has 3 aromatic heterocycles. The molecule has 1 amide bonds. The molecule has 0 atom stereocenters. The van der Waals surface area contributed by atoms with Crippen molar-refractivity contribution in [2.24, 2.45) is 0 Å². The predicted molar refractivity (Wildman–Crippen MR) is 100 cm³/mol. The van der Waals surface area contributed by atoms with Gasteiger partial charge < -0.3 is 5.32 Å². The summed E-state index contributed by atoms with van der Waals surface area (Å²) in [6, 6.07) is 0. The van der Waals surface area contributed by atoms with E-state index in [0.717, 1.165) is 45.1 Å². The van der Waals surface area contributed by atoms with E-state index >= 15 is 0 Å². The van der Waals surface area contributed by atoms with Gasteiger partial charge in [0.1, 0.15) is 16.9 Å². The fraction of sp³-hybridized carbons (Fsp3) is 0.444. The Labute approximate surface area is 151 Å². The number of nitrogens with zero attached hydrogens (tertiary/aromatic N) is 4. The Kier molecular flexibility index (Phi) is 3.90. The van der Waals surface area contributed by atoms with E-state index in [-0.39, 0.29) is 11.8 Å². The minimum atomic E-state index is 0.122. The average molecular weight is 353 g/mol. The largest absolute Gasteiger partial charge is 0.379 e. The van der Waals surface area contributed by atoms with E-state index in [2.05, 4.69) is 39.6 Å². The highest BCUT2D eigenvalue weighted by atomic mass is 16.2. The van der Waals surface area contributed by atoms with E-state index in [1.54, 1.807) is 4.90 Å². The number of nitrogens with one attached hydrogen (secondary N) is 3. The molecule has 8 heteroatoms. The number of aryl methyl sites for hydroxylation is 2. The molecular formula is C18H23N7O. The van der Waals surface area contributed by atoms with Gasteiger partial charge in [-0.2, -0.15) is 10.2 Å². The van der Waals surface area contributed by atoms with Crippen molar-refractivity contribution in [1.29, 1.82) is 0 Å². The zero-order valence-electron chi connectivity index (χ0n) is 15.5. The summed E-state index contributed by atoms with van der Waals surface area (Å²) in [5.41, 5.74) is 6.53. The van der Waals surface area contributed by atoms with Gasteiger partial charge in [-0.3, -0.25) is 19.9 Å². The van der Waals surface area contributed by atoms with Crippen LogP contribution in [0.2, 0.25) is 0 Å². The number of anilines is 2. The summed E-state index contributed by atoms with van der Waals surface area (Å²) in [7, 11) is 0. The van der Waals surface area contributed by atoms with Crippen molar-refractivity contribution in [3.8, 4) is 0 Å². The standard InChI is InChI=1S/C18H23N7O/c1-9(2)14-16(19-7-12-8-20-22-10(12)3)17-15(11(4)23-24-17)21-18(14)25-6-5-13(25)26/h8-9H,5-7H2,1-4H3,(H,19,21)(H,20,22)(H,23,24). The first-order valence-corrected chi connectivity index (χ1v) is 8.89. The Morgan fingerprint density at radius 3 is 2.65 bits per heavy atom. The van der Waals surface area contributed by atoms with Crippen LogP contribution in [-0.2, 0) is 11.3 Å². The first-order valence-electron chi connectivity index (χ1n) is 8.89. The monoisotopic (exact) mass is 353 g/mol. The maximum absolute atomic E-state index is 12.1. The highest BCUT2D eigenvalue weighted by Gasteiger charge is 2.32. The molecule has 26 heavy (non-hydrogen) atoms. The number of amides is 1. The Hall–Kier alpha value is -2.90. The maximum atomic E-state index is 12.1. The molecule has 136 valence electrons. The van der Waals surface area contributed by atoms with Crippen LogP contribution in [0, 0.1) is 13.8 Å². The molecule has 3 N–H and O–H groups in total. The van der Waals surface area contributed by atoms with Gasteiger partial charge in [0.15, 0.2) is 0 Å². The van der Waals surface area contributed by atoms with Crippen molar-refractivity contribution in [2.45, 2.75) is 46.6 Å². The van der Waals surface area contributed by atoms with Gasteiger partial charge in [-0.05, 0) is 19.8 Å². The second-order valence-electron chi connectivity index (χ2n) is 7.07. The van der Waals surface area contributed by atoms with Gasteiger partial charge in [0.2, 0.25) is 5.91 Å². The van der Waals surface area contributed by atoms with Crippen molar-refractivity contribution in [1.82, 2.24) is 25.4 Å². The third-order valence-corrected chi connectivity index (χ3v) is 4.95. The van der Waals surface area contributed by atoms with Crippen LogP contribution in [-0.4, -0.2) is 37.8 Å². The second-order valence-corrected chi connectivity index (χ2v) is 7.07. The Morgan fingerprint density at radius 1 is 1.27 bits per heavy atom. The van der Waals surface area contributed by atoms with Crippen LogP contribution >= 0.6 is 0 Å². The Morgan fingerprint density at radius 2 is 2.08 bits per heavy atom. The molecule has 0 saturated carbocycles. The molecule has 0 aliphatic carbocycles. The summed E-state index contributed by atoms with van der Waals surface area (Å²) in [5.74, 6) is 1.07. The number of aromatic nitrogens is 5. The van der Waals surface area contributed by atoms with Gasteiger partial charge in [0, 0.05) is 36.8 Å². The molecule has 1 fully saturated rings. The maximum Gasteiger partial charge on any atom is 0.229 e. The number of β-lactam (4-membered cyclic amide) rings is 1. The van der Waals surface area contributed by atoms with Crippen molar-refractivity contribution >= 4 is 28.4 Å². The molecule has 1 aliphatic rings. The van der Waals surface area contributed by atoms with Gasteiger partial charge in [-0.1, -0.05) is 13.8 Å². The number of pyridine rings is 1. The third kappa shape index (κ3) is 2.53. The van der Waals surface area contributed by atoms with Crippen LogP contribution in [0.1, 0.15) is 48.7 Å². The summed E-state index contributed by atoms with van der Waals surface area (Å²) >= 11 is 0. The molecule has 0 unspecified atom stereocenters. The summed E-state index contributed by atoms with van der Waals surface area (Å²) in [5, 5.41) is 18.1. The summed E-state index contributed by atoms with van der Waals surface area (Å²) in [6.07, 6.45) is 2.48. The normalized spacial score (nSPS) is 14.3. The number of carbonyl (C=O) groups excluding carboxylic acids is 1. The molecule has 0 bridgehead atoms. The van der Waals surface area contributed by atoms with Gasteiger partial charge in [0.05, 0.1) is 17.1 Å². The number of rotatable bonds is 5. The fourth-order valence-corrected chi connectivity index (χ4v) is 3.36. The lowest BCUT2D eigenvalue weighted by molar-refractivity contribution is -0.122. The molecule has 0 aromatic carbocycles. The van der Waals surface area contributed by atoms with Gasteiger partial charge in [-0.25, -0.2) is 4.98 Å². The van der Waals surface area contributed by atoms with Crippen molar-refractivity contribution in [3.05, 3.63) is 28.7 Å². The fourth-order valence-electron chi connectivity index (χ4n) is 3.36. The number of carbonyl (C=O) groups is 1. The second kappa shape index (κ2) is 6.12. The van der Waals surface area contributed by atoms with E-state index in [1.807, 2.05) is 20.0 Å². The van der Waals surface area contributed by atoms with Crippen LogP contribution < -0.4 is 10.2 Å². The SMILES string of the molecule is Cc1n[nH]cc1CNc1c(C(C)C)c(N2CCC2=O)nc2c(C)[nH]nc12. The highest BCUT2D eigenvalue weighted by Crippen LogP contribution is 2.39. The average Bonchev–Trinajstić information content (AvgIpc) is 3.17. The quantitative estimate of drug-likeness (QED) is 0.612. The van der Waals surface area contributed by atoms with Gasteiger partial charge in [-0.15, -0.1) is 0 Å². The predicted octanol–water partition coefficient (Wildman–Crippen LogP) is 2.77. The zero-order valence-corrected chi connectivity index (χ0v) is 15.5. The molecule has 8 nitrogen and oxygen atoms in total. The minimum Gasteiger partial charge on any atom is -0.379 e. The Balaban J connectivity index is 1.86. The summed E-state index contributed by atoms with van der Waals surface area (Å²) in [6.45, 7) is 9.49. The highest BCUT2D eigenvalue weighted by molar-refractivity contribution is 6.03. The van der Waals surface area contributed by atoms with Gasteiger partial charge >= 0.3 is 0 Å². The summed E-state index contributed by atoms with van der Waals surface area (Å²) < 4.78 is 0. The number of aromatic amines is 2. The molecule has 4 rings (SSSR count). The minimum absolute atomic E-state index is 0.122. The van der Waals surface area contributed by atoms with E-state index in [9.17, 15) is 4.79 Å². The number of hydrogen-bond acceptors (Lipinski definition) is 5. The molecule has 3 aromatic rings. The molecule has 0 radical (unpaired) electrons. The number of fused-ring (bicyclic) bond motifs is 1. The van der Waals surface area contributed by atoms with Crippen molar-refractivity contribution in [3.63, 3.8) is 0 Å². The van der Waals surface area contributed by atoms with E-state index < -0.39 is 0 Å². The molecule has 4 heterocycles. The van der Waals surface area contributed by atoms with E-state index in [4.69, 9.17) is 4.98 Å². The lowest BCUT2D eigenvalue weighted by Gasteiger charge is -2.33. The topological polar surface area (TPSA) is 103 Å². The van der Waals surface area contributed by atoms with Crippen molar-refractivity contribution in [2.75, 3.05) is 16.8 Å². The molecule has 1 saturated heterocycles. The third-order valence-electron chi connectivity index (χ3n) is 4.95. The summed E-state index contributed by atoms with van der Waals surface area (Å²) in [4.78, 5) is 18.7. The number of H-pyrrole nitrogens is 2. The van der Waals surface area contributed by atoms with Crippen LogP contribution in [0.15, 0.2) is 6.20 Å². The van der Waals surface area contributed by atoms with Crippen molar-refractivity contribution < 1.29 is 4.79 Å². The first-order chi connectivity index (χ1) is 12.5. The molecule has 0 spiro atoms. The Bertz CT molecular complexity index is 985. The molecular weight excluding hydrogens is 330 g/mol. The van der Waals surface area contributed by atoms with E-state index in [1.165, 1.54) is 0 Å². The number of hydrogen-bond donors (Lipinski definition) is 3. The van der Waals surface area contributed by atoms with Gasteiger partial charge in [0.25, 0.3) is 0 Å². The van der Waals surface area contributed by atoms with Crippen LogP contribution in [0.5, 0.6) is 0 Å². The first kappa shape index (κ1) is 16.6. The lowest BCUT2D eigenvalue weighted by Crippen LogP contribution is -2.44. The molecule has 1 aliphatic heterocycles. The zero-order chi connectivity index (χ0) is 18.4. The van der Waals surface area contributed by atoms with Crippen LogP contribution in [0.3, 0.4) is 0 Å². The van der Waals surface area contributed by atoms with Crippen LogP contribution in [0.25, 0.3) is 11.0 Å². The van der Waals surface area contributed by atoms with E-state index in [0.29, 0.717) is 19.5 Å². The smallest absolute Gasteiger partial charge is 0.229 e. The lowest BCUT2D eigenvalue weighted by atomic mass is 9.98. The van der Waals surface area contributed by atoms with Crippen LogP contribution in [0.4, 0.5) is 11.5 Å².